The normalized spacial score (nSPS) is 11.4. The fourth-order valence-electron chi connectivity index (χ4n) is 1.40. The number of benzene rings is 1. The Morgan fingerprint density at radius 1 is 1.42 bits per heavy atom. The molecule has 0 aliphatic carbocycles. The molecule has 0 saturated heterocycles. The van der Waals surface area contributed by atoms with Crippen molar-refractivity contribution in [1.29, 1.82) is 0 Å². The van der Waals surface area contributed by atoms with E-state index in [9.17, 15) is 10.1 Å². The summed E-state index contributed by atoms with van der Waals surface area (Å²) < 4.78 is 1.03. The number of nitrogens with one attached hydrogen (secondary N) is 1. The summed E-state index contributed by atoms with van der Waals surface area (Å²) in [5.74, 6) is 0. The van der Waals surface area contributed by atoms with Crippen LogP contribution in [0.25, 0.3) is 0 Å². The van der Waals surface area contributed by atoms with Gasteiger partial charge in [-0.1, -0.05) is 6.07 Å². The molecule has 0 spiro atoms. The highest BCUT2D eigenvalue weighted by atomic mass is 79.9. The Kier molecular flexibility index (Phi) is 4.28. The number of nitrogens with zero attached hydrogens (tertiary/aromatic N) is 2. The van der Waals surface area contributed by atoms with Gasteiger partial charge in [-0.2, -0.15) is 5.10 Å². The highest BCUT2D eigenvalue weighted by Gasteiger charge is 2.05. The zero-order valence-electron chi connectivity index (χ0n) is 9.96. The van der Waals surface area contributed by atoms with Gasteiger partial charge in [0.15, 0.2) is 0 Å². The van der Waals surface area contributed by atoms with E-state index in [2.05, 4.69) is 26.5 Å². The van der Waals surface area contributed by atoms with Crippen molar-refractivity contribution in [3.8, 4) is 0 Å². The molecule has 0 saturated carbocycles. The van der Waals surface area contributed by atoms with E-state index in [-0.39, 0.29) is 5.69 Å². The minimum atomic E-state index is -0.432. The van der Waals surface area contributed by atoms with Crippen molar-refractivity contribution in [1.82, 2.24) is 0 Å². The molecule has 2 rings (SSSR count). The molecule has 0 aliphatic heterocycles. The van der Waals surface area contributed by atoms with Gasteiger partial charge in [-0.05, 0) is 41.1 Å². The third-order valence-corrected chi connectivity index (χ3v) is 4.07. The Bertz CT molecular complexity index is 639. The van der Waals surface area contributed by atoms with E-state index in [1.165, 1.54) is 12.1 Å². The van der Waals surface area contributed by atoms with Crippen molar-refractivity contribution in [2.75, 3.05) is 5.43 Å². The van der Waals surface area contributed by atoms with Crippen molar-refractivity contribution in [2.45, 2.75) is 6.92 Å². The third kappa shape index (κ3) is 3.62. The van der Waals surface area contributed by atoms with Crippen LogP contribution >= 0.6 is 27.3 Å². The molecule has 98 valence electrons. The number of rotatable bonds is 4. The van der Waals surface area contributed by atoms with Gasteiger partial charge in [0, 0.05) is 12.1 Å². The quantitative estimate of drug-likeness (QED) is 0.514. The third-order valence-electron chi connectivity index (χ3n) is 2.34. The molecule has 1 aromatic carbocycles. The summed E-state index contributed by atoms with van der Waals surface area (Å²) in [6.07, 6.45) is 0. The van der Waals surface area contributed by atoms with Crippen LogP contribution in [0.2, 0.25) is 0 Å². The van der Waals surface area contributed by atoms with Crippen LogP contribution in [0.1, 0.15) is 11.8 Å². The summed E-state index contributed by atoms with van der Waals surface area (Å²) in [6.45, 7) is 1.88. The van der Waals surface area contributed by atoms with E-state index in [0.717, 1.165) is 14.4 Å². The molecule has 0 fully saturated rings. The van der Waals surface area contributed by atoms with Crippen molar-refractivity contribution >= 4 is 44.4 Å². The second-order valence-corrected chi connectivity index (χ2v) is 6.18. The second-order valence-electron chi connectivity index (χ2n) is 3.72. The van der Waals surface area contributed by atoms with Gasteiger partial charge >= 0.3 is 0 Å². The highest BCUT2D eigenvalue weighted by Crippen LogP contribution is 2.23. The molecule has 0 amide bonds. The number of nitro benzene ring substituents is 1. The summed E-state index contributed by atoms with van der Waals surface area (Å²) in [6, 6.07) is 10.1. The zero-order chi connectivity index (χ0) is 13.8. The lowest BCUT2D eigenvalue weighted by Gasteiger charge is -2.01. The summed E-state index contributed by atoms with van der Waals surface area (Å²) >= 11 is 4.97. The molecule has 1 heterocycles. The van der Waals surface area contributed by atoms with Crippen LogP contribution in [-0.2, 0) is 0 Å². The fraction of sp³-hybridized carbons (Fsp3) is 0.0833. The largest absolute Gasteiger partial charge is 0.278 e. The maximum absolute atomic E-state index is 10.7. The van der Waals surface area contributed by atoms with E-state index in [1.54, 1.807) is 23.5 Å². The number of anilines is 1. The van der Waals surface area contributed by atoms with Crippen LogP contribution in [0.4, 0.5) is 11.4 Å². The molecular formula is C12H10BrN3O2S. The van der Waals surface area contributed by atoms with Gasteiger partial charge in [0.1, 0.15) is 0 Å². The lowest BCUT2D eigenvalue weighted by atomic mass is 10.3. The van der Waals surface area contributed by atoms with Gasteiger partial charge in [0.05, 0.1) is 25.0 Å². The molecular weight excluding hydrogens is 330 g/mol. The first-order valence-electron chi connectivity index (χ1n) is 5.37. The van der Waals surface area contributed by atoms with Crippen molar-refractivity contribution in [3.05, 3.63) is 55.2 Å². The lowest BCUT2D eigenvalue weighted by molar-refractivity contribution is -0.384. The number of hydrogen-bond donors (Lipinski definition) is 1. The Hall–Kier alpha value is -1.73. The van der Waals surface area contributed by atoms with Crippen LogP contribution in [-0.4, -0.2) is 10.6 Å². The Balaban J connectivity index is 2.13. The summed E-state index contributed by atoms with van der Waals surface area (Å²) in [4.78, 5) is 11.3. The molecule has 0 aliphatic rings. The van der Waals surface area contributed by atoms with Crippen molar-refractivity contribution in [2.24, 2.45) is 5.10 Å². The minimum Gasteiger partial charge on any atom is -0.278 e. The first-order chi connectivity index (χ1) is 9.06. The van der Waals surface area contributed by atoms with Crippen LogP contribution in [0.3, 0.4) is 0 Å². The summed E-state index contributed by atoms with van der Waals surface area (Å²) in [5, 5.41) is 14.9. The smallest absolute Gasteiger partial charge is 0.271 e. The first kappa shape index (κ1) is 13.7. The maximum Gasteiger partial charge on any atom is 0.271 e. The molecule has 0 atom stereocenters. The average Bonchev–Trinajstić information content (AvgIpc) is 2.83. The lowest BCUT2D eigenvalue weighted by Crippen LogP contribution is -1.97. The highest BCUT2D eigenvalue weighted by molar-refractivity contribution is 9.11. The van der Waals surface area contributed by atoms with Crippen LogP contribution < -0.4 is 5.43 Å². The molecule has 2 aromatic rings. The Labute approximate surface area is 122 Å². The van der Waals surface area contributed by atoms with E-state index in [1.807, 2.05) is 19.1 Å². The van der Waals surface area contributed by atoms with E-state index in [0.29, 0.717) is 5.69 Å². The molecule has 7 heteroatoms. The molecule has 19 heavy (non-hydrogen) atoms. The van der Waals surface area contributed by atoms with E-state index < -0.39 is 4.92 Å². The van der Waals surface area contributed by atoms with Gasteiger partial charge in [-0.25, -0.2) is 0 Å². The standard InChI is InChI=1S/C12H10BrN3O2S/c1-8(11-5-6-12(13)19-11)14-15-9-3-2-4-10(7-9)16(17)18/h2-7,15H,1H3. The monoisotopic (exact) mass is 339 g/mol. The summed E-state index contributed by atoms with van der Waals surface area (Å²) in [5.41, 5.74) is 4.27. The van der Waals surface area contributed by atoms with Gasteiger partial charge in [-0.15, -0.1) is 11.3 Å². The second kappa shape index (κ2) is 5.94. The zero-order valence-corrected chi connectivity index (χ0v) is 12.4. The van der Waals surface area contributed by atoms with Gasteiger partial charge < -0.3 is 0 Å². The molecule has 0 unspecified atom stereocenters. The SMILES string of the molecule is CC(=NNc1cccc([N+](=O)[O-])c1)c1ccc(Br)s1. The number of non-ortho nitro benzene ring substituents is 1. The van der Waals surface area contributed by atoms with Crippen LogP contribution in [0, 0.1) is 10.1 Å². The van der Waals surface area contributed by atoms with Gasteiger partial charge in [0.2, 0.25) is 0 Å². The van der Waals surface area contributed by atoms with Gasteiger partial charge in [-0.3, -0.25) is 15.5 Å². The van der Waals surface area contributed by atoms with Crippen LogP contribution in [0.15, 0.2) is 45.3 Å². The predicted octanol–water partition coefficient (Wildman–Crippen LogP) is 4.25. The Morgan fingerprint density at radius 3 is 2.84 bits per heavy atom. The fourth-order valence-corrected chi connectivity index (χ4v) is 2.73. The number of halogens is 1. The first-order valence-corrected chi connectivity index (χ1v) is 6.97. The van der Waals surface area contributed by atoms with E-state index in [4.69, 9.17) is 0 Å². The van der Waals surface area contributed by atoms with Crippen molar-refractivity contribution < 1.29 is 4.92 Å². The Morgan fingerprint density at radius 2 is 2.21 bits per heavy atom. The minimum absolute atomic E-state index is 0.0386. The topological polar surface area (TPSA) is 67.5 Å². The molecule has 0 bridgehead atoms. The molecule has 1 aromatic heterocycles. The average molecular weight is 340 g/mol. The molecule has 0 radical (unpaired) electrons. The maximum atomic E-state index is 10.7. The van der Waals surface area contributed by atoms with E-state index >= 15 is 0 Å². The molecule has 5 nitrogen and oxygen atoms in total. The summed E-state index contributed by atoms with van der Waals surface area (Å²) in [7, 11) is 0. The molecule has 1 N–H and O–H groups in total. The number of thiophene rings is 1. The number of nitro groups is 1. The number of hydrogen-bond acceptors (Lipinski definition) is 5. The van der Waals surface area contributed by atoms with Gasteiger partial charge in [0.25, 0.3) is 5.69 Å². The number of hydrazone groups is 1. The predicted molar refractivity (Wildman–Crippen MR) is 80.9 cm³/mol. The van der Waals surface area contributed by atoms with Crippen LogP contribution in [0.5, 0.6) is 0 Å². The van der Waals surface area contributed by atoms with Crippen molar-refractivity contribution in [3.63, 3.8) is 0 Å².